The Bertz CT molecular complexity index is 684. The van der Waals surface area contributed by atoms with Crippen LogP contribution in [0.15, 0.2) is 59.0 Å². The van der Waals surface area contributed by atoms with Crippen molar-refractivity contribution in [3.63, 3.8) is 0 Å². The van der Waals surface area contributed by atoms with E-state index in [0.717, 1.165) is 28.7 Å². The van der Waals surface area contributed by atoms with Crippen molar-refractivity contribution in [3.8, 4) is 6.07 Å². The van der Waals surface area contributed by atoms with Crippen LogP contribution in [-0.4, -0.2) is 0 Å². The average Bonchev–Trinajstić information content (AvgIpc) is 2.82. The van der Waals surface area contributed by atoms with E-state index in [-0.39, 0.29) is 0 Å². The molecule has 0 aliphatic carbocycles. The van der Waals surface area contributed by atoms with Crippen molar-refractivity contribution in [2.75, 3.05) is 0 Å². The first kappa shape index (κ1) is 10.6. The van der Waals surface area contributed by atoms with E-state index in [1.54, 1.807) is 0 Å². The monoisotopic (exact) mass is 233 g/mol. The van der Waals surface area contributed by atoms with Gasteiger partial charge in [-0.2, -0.15) is 5.26 Å². The van der Waals surface area contributed by atoms with Gasteiger partial charge < -0.3 is 4.42 Å². The molecule has 2 heteroatoms. The summed E-state index contributed by atoms with van der Waals surface area (Å²) in [5.74, 6) is 0.945. The Labute approximate surface area is 105 Å². The maximum absolute atomic E-state index is 8.74. The zero-order valence-corrected chi connectivity index (χ0v) is 9.76. The van der Waals surface area contributed by atoms with Gasteiger partial charge in [0.25, 0.3) is 0 Å². The third kappa shape index (κ3) is 1.99. The first-order valence-corrected chi connectivity index (χ1v) is 5.82. The number of hydrogen-bond acceptors (Lipinski definition) is 2. The minimum Gasteiger partial charge on any atom is -0.461 e. The number of rotatable bonds is 2. The van der Waals surface area contributed by atoms with Gasteiger partial charge in [-0.15, -0.1) is 0 Å². The molecular formula is C16H11NO. The SMILES string of the molecule is N#Cc1ccc(Cc2cc3ccccc3o2)cc1. The van der Waals surface area contributed by atoms with Gasteiger partial charge in [0.15, 0.2) is 0 Å². The van der Waals surface area contributed by atoms with Gasteiger partial charge in [0.1, 0.15) is 11.3 Å². The van der Waals surface area contributed by atoms with Crippen LogP contribution >= 0.6 is 0 Å². The predicted molar refractivity (Wildman–Crippen MR) is 70.2 cm³/mol. The first-order valence-electron chi connectivity index (χ1n) is 5.82. The molecule has 0 saturated heterocycles. The maximum Gasteiger partial charge on any atom is 0.134 e. The Morgan fingerprint density at radius 3 is 2.50 bits per heavy atom. The van der Waals surface area contributed by atoms with Crippen LogP contribution < -0.4 is 0 Å². The molecule has 0 bridgehead atoms. The van der Waals surface area contributed by atoms with Crippen LogP contribution in [0.25, 0.3) is 11.0 Å². The number of hydrogen-bond donors (Lipinski definition) is 0. The Morgan fingerprint density at radius 2 is 1.78 bits per heavy atom. The molecule has 2 aromatic carbocycles. The number of benzene rings is 2. The fourth-order valence-corrected chi connectivity index (χ4v) is 2.02. The van der Waals surface area contributed by atoms with Crippen LogP contribution in [0.4, 0.5) is 0 Å². The van der Waals surface area contributed by atoms with Gasteiger partial charge in [-0.05, 0) is 29.8 Å². The Morgan fingerprint density at radius 1 is 1.00 bits per heavy atom. The molecule has 0 aliphatic rings. The van der Waals surface area contributed by atoms with Crippen LogP contribution in [0.1, 0.15) is 16.9 Å². The lowest BCUT2D eigenvalue weighted by atomic mass is 10.1. The third-order valence-electron chi connectivity index (χ3n) is 2.94. The summed E-state index contributed by atoms with van der Waals surface area (Å²) in [4.78, 5) is 0. The summed E-state index contributed by atoms with van der Waals surface area (Å²) >= 11 is 0. The zero-order valence-electron chi connectivity index (χ0n) is 9.76. The highest BCUT2D eigenvalue weighted by atomic mass is 16.3. The highest BCUT2D eigenvalue weighted by Crippen LogP contribution is 2.21. The molecule has 0 unspecified atom stereocenters. The number of nitriles is 1. The van der Waals surface area contributed by atoms with Gasteiger partial charge in [-0.25, -0.2) is 0 Å². The number of fused-ring (bicyclic) bond motifs is 1. The summed E-state index contributed by atoms with van der Waals surface area (Å²) < 4.78 is 5.76. The number of furan rings is 1. The van der Waals surface area contributed by atoms with Crippen molar-refractivity contribution in [2.24, 2.45) is 0 Å². The largest absolute Gasteiger partial charge is 0.461 e. The molecule has 0 N–H and O–H groups in total. The van der Waals surface area contributed by atoms with E-state index in [9.17, 15) is 0 Å². The van der Waals surface area contributed by atoms with Crippen molar-refractivity contribution in [2.45, 2.75) is 6.42 Å². The second-order valence-electron chi connectivity index (χ2n) is 4.24. The molecule has 3 aromatic rings. The molecule has 0 fully saturated rings. The molecule has 0 amide bonds. The quantitative estimate of drug-likeness (QED) is 0.673. The predicted octanol–water partition coefficient (Wildman–Crippen LogP) is 3.90. The fourth-order valence-electron chi connectivity index (χ4n) is 2.02. The summed E-state index contributed by atoms with van der Waals surface area (Å²) in [5, 5.41) is 9.87. The van der Waals surface area contributed by atoms with E-state index in [2.05, 4.69) is 12.1 Å². The van der Waals surface area contributed by atoms with Crippen molar-refractivity contribution in [1.82, 2.24) is 0 Å². The fraction of sp³-hybridized carbons (Fsp3) is 0.0625. The lowest BCUT2D eigenvalue weighted by Gasteiger charge is -1.97. The van der Waals surface area contributed by atoms with Gasteiger partial charge >= 0.3 is 0 Å². The van der Waals surface area contributed by atoms with Crippen LogP contribution in [-0.2, 0) is 6.42 Å². The van der Waals surface area contributed by atoms with Crippen LogP contribution in [0.5, 0.6) is 0 Å². The van der Waals surface area contributed by atoms with Gasteiger partial charge in [-0.3, -0.25) is 0 Å². The average molecular weight is 233 g/mol. The molecule has 0 spiro atoms. The molecule has 1 aromatic heterocycles. The highest BCUT2D eigenvalue weighted by molar-refractivity contribution is 5.77. The van der Waals surface area contributed by atoms with E-state index in [0.29, 0.717) is 5.56 Å². The molecule has 86 valence electrons. The second kappa shape index (κ2) is 4.38. The molecule has 18 heavy (non-hydrogen) atoms. The molecule has 0 aliphatic heterocycles. The van der Waals surface area contributed by atoms with E-state index in [4.69, 9.17) is 9.68 Å². The summed E-state index contributed by atoms with van der Waals surface area (Å²) in [5.41, 5.74) is 2.75. The second-order valence-corrected chi connectivity index (χ2v) is 4.24. The number of para-hydroxylation sites is 1. The molecule has 0 atom stereocenters. The lowest BCUT2D eigenvalue weighted by molar-refractivity contribution is 0.563. The first-order chi connectivity index (χ1) is 8.85. The molecule has 0 radical (unpaired) electrons. The van der Waals surface area contributed by atoms with Crippen LogP contribution in [0.3, 0.4) is 0 Å². The lowest BCUT2D eigenvalue weighted by Crippen LogP contribution is -1.85. The molecule has 3 rings (SSSR count). The van der Waals surface area contributed by atoms with Gasteiger partial charge in [0.2, 0.25) is 0 Å². The Hall–Kier alpha value is -2.53. The van der Waals surface area contributed by atoms with Gasteiger partial charge in [0.05, 0.1) is 11.6 Å². The molecular weight excluding hydrogens is 222 g/mol. The normalized spacial score (nSPS) is 10.4. The number of nitrogens with zero attached hydrogens (tertiary/aromatic N) is 1. The van der Waals surface area contributed by atoms with Crippen molar-refractivity contribution < 1.29 is 4.42 Å². The van der Waals surface area contributed by atoms with Crippen molar-refractivity contribution >= 4 is 11.0 Å². The van der Waals surface area contributed by atoms with E-state index < -0.39 is 0 Å². The topological polar surface area (TPSA) is 36.9 Å². The van der Waals surface area contributed by atoms with Crippen LogP contribution in [0.2, 0.25) is 0 Å². The summed E-state index contributed by atoms with van der Waals surface area (Å²) in [6.07, 6.45) is 0.750. The van der Waals surface area contributed by atoms with Crippen molar-refractivity contribution in [1.29, 1.82) is 5.26 Å². The smallest absolute Gasteiger partial charge is 0.134 e. The van der Waals surface area contributed by atoms with Crippen molar-refractivity contribution in [3.05, 3.63) is 71.5 Å². The van der Waals surface area contributed by atoms with E-state index in [1.807, 2.05) is 48.5 Å². The van der Waals surface area contributed by atoms with Gasteiger partial charge in [-0.1, -0.05) is 30.3 Å². The summed E-state index contributed by atoms with van der Waals surface area (Å²) in [7, 11) is 0. The zero-order chi connectivity index (χ0) is 12.4. The molecule has 0 saturated carbocycles. The Balaban J connectivity index is 1.89. The van der Waals surface area contributed by atoms with E-state index in [1.165, 1.54) is 0 Å². The third-order valence-corrected chi connectivity index (χ3v) is 2.94. The summed E-state index contributed by atoms with van der Waals surface area (Å²) in [6.45, 7) is 0. The highest BCUT2D eigenvalue weighted by Gasteiger charge is 2.04. The van der Waals surface area contributed by atoms with Gasteiger partial charge in [0, 0.05) is 11.8 Å². The van der Waals surface area contributed by atoms with E-state index >= 15 is 0 Å². The standard InChI is InChI=1S/C16H11NO/c17-11-13-7-5-12(6-8-13)9-15-10-14-3-1-2-4-16(14)18-15/h1-8,10H,9H2. The minimum absolute atomic E-state index is 0.684. The molecule has 2 nitrogen and oxygen atoms in total. The maximum atomic E-state index is 8.74. The van der Waals surface area contributed by atoms with Crippen LogP contribution in [0, 0.1) is 11.3 Å². The minimum atomic E-state index is 0.684. The Kier molecular flexibility index (Phi) is 2.59. The molecule has 1 heterocycles. The summed E-state index contributed by atoms with van der Waals surface area (Å²) in [6, 6.07) is 19.8.